The average molecular weight is 194 g/mol. The number of hydrogen-bond donors (Lipinski definition) is 2. The predicted octanol–water partition coefficient (Wildman–Crippen LogP) is 0.874. The lowest BCUT2D eigenvalue weighted by molar-refractivity contribution is 0.314. The lowest BCUT2D eigenvalue weighted by Gasteiger charge is -2.06. The van der Waals surface area contributed by atoms with Crippen molar-refractivity contribution in [2.75, 3.05) is 33.3 Å². The summed E-state index contributed by atoms with van der Waals surface area (Å²) in [6.45, 7) is 3.57. The fourth-order valence-electron chi connectivity index (χ4n) is 1.10. The smallest absolute Gasteiger partial charge is 0.119 e. The van der Waals surface area contributed by atoms with Gasteiger partial charge in [0.25, 0.3) is 0 Å². The number of para-hydroxylation sites is 1. The summed E-state index contributed by atoms with van der Waals surface area (Å²) in [5, 5.41) is 6.34. The summed E-state index contributed by atoms with van der Waals surface area (Å²) >= 11 is 0. The Hall–Kier alpha value is -1.06. The molecule has 1 aromatic carbocycles. The largest absolute Gasteiger partial charge is 0.492 e. The first kappa shape index (κ1) is 11.0. The van der Waals surface area contributed by atoms with Gasteiger partial charge in [-0.1, -0.05) is 18.2 Å². The van der Waals surface area contributed by atoms with Gasteiger partial charge in [-0.25, -0.2) is 0 Å². The Morgan fingerprint density at radius 1 is 1.07 bits per heavy atom. The highest BCUT2D eigenvalue weighted by molar-refractivity contribution is 5.20. The molecule has 3 nitrogen and oxygen atoms in total. The Kier molecular flexibility index (Phi) is 5.79. The van der Waals surface area contributed by atoms with E-state index in [1.165, 1.54) is 0 Å². The van der Waals surface area contributed by atoms with Gasteiger partial charge in [0.1, 0.15) is 12.4 Å². The van der Waals surface area contributed by atoms with Crippen molar-refractivity contribution < 1.29 is 4.74 Å². The van der Waals surface area contributed by atoms with Crippen LogP contribution in [0.25, 0.3) is 0 Å². The van der Waals surface area contributed by atoms with Crippen LogP contribution in [0.3, 0.4) is 0 Å². The molecule has 14 heavy (non-hydrogen) atoms. The van der Waals surface area contributed by atoms with E-state index >= 15 is 0 Å². The molecular formula is C11H18N2O. The molecule has 0 aliphatic rings. The average Bonchev–Trinajstić information content (AvgIpc) is 2.25. The van der Waals surface area contributed by atoms with Gasteiger partial charge in [0.15, 0.2) is 0 Å². The van der Waals surface area contributed by atoms with E-state index in [-0.39, 0.29) is 0 Å². The van der Waals surface area contributed by atoms with Crippen molar-refractivity contribution in [3.8, 4) is 5.75 Å². The summed E-state index contributed by atoms with van der Waals surface area (Å²) < 4.78 is 5.50. The van der Waals surface area contributed by atoms with E-state index in [4.69, 9.17) is 4.74 Å². The highest BCUT2D eigenvalue weighted by Crippen LogP contribution is 2.07. The van der Waals surface area contributed by atoms with Gasteiger partial charge in [0, 0.05) is 19.6 Å². The Labute approximate surface area is 85.5 Å². The van der Waals surface area contributed by atoms with E-state index in [1.807, 2.05) is 37.4 Å². The highest BCUT2D eigenvalue weighted by Gasteiger charge is 1.90. The molecule has 2 N–H and O–H groups in total. The zero-order valence-corrected chi connectivity index (χ0v) is 8.62. The Balaban J connectivity index is 1.99. The molecule has 1 aromatic rings. The molecule has 0 aliphatic carbocycles. The van der Waals surface area contributed by atoms with Crippen molar-refractivity contribution in [1.29, 1.82) is 0 Å². The third-order valence-electron chi connectivity index (χ3n) is 1.84. The van der Waals surface area contributed by atoms with Crippen LogP contribution in [0.4, 0.5) is 0 Å². The zero-order valence-electron chi connectivity index (χ0n) is 8.62. The van der Waals surface area contributed by atoms with Crippen molar-refractivity contribution in [3.63, 3.8) is 0 Å². The predicted molar refractivity (Wildman–Crippen MR) is 58.7 cm³/mol. The van der Waals surface area contributed by atoms with Crippen molar-refractivity contribution in [3.05, 3.63) is 30.3 Å². The molecular weight excluding hydrogens is 176 g/mol. The van der Waals surface area contributed by atoms with Gasteiger partial charge >= 0.3 is 0 Å². The minimum Gasteiger partial charge on any atom is -0.492 e. The van der Waals surface area contributed by atoms with Crippen molar-refractivity contribution in [2.24, 2.45) is 0 Å². The highest BCUT2D eigenvalue weighted by atomic mass is 16.5. The van der Waals surface area contributed by atoms with E-state index in [0.717, 1.165) is 25.4 Å². The quantitative estimate of drug-likeness (QED) is 0.632. The fraction of sp³-hybridized carbons (Fsp3) is 0.455. The number of hydrogen-bond acceptors (Lipinski definition) is 3. The summed E-state index contributed by atoms with van der Waals surface area (Å²) in [7, 11) is 1.95. The Bertz CT molecular complexity index is 226. The third-order valence-corrected chi connectivity index (χ3v) is 1.84. The molecule has 0 heterocycles. The molecule has 78 valence electrons. The number of rotatable bonds is 7. The van der Waals surface area contributed by atoms with E-state index in [2.05, 4.69) is 10.6 Å². The molecule has 0 aliphatic heterocycles. The number of benzene rings is 1. The van der Waals surface area contributed by atoms with Gasteiger partial charge < -0.3 is 15.4 Å². The SMILES string of the molecule is CNCCNCCOc1ccccc1. The van der Waals surface area contributed by atoms with Crippen LogP contribution in [-0.2, 0) is 0 Å². The number of likely N-dealkylation sites (N-methyl/N-ethyl adjacent to an activating group) is 1. The monoisotopic (exact) mass is 194 g/mol. The van der Waals surface area contributed by atoms with Crippen LogP contribution in [0, 0.1) is 0 Å². The van der Waals surface area contributed by atoms with Gasteiger partial charge in [-0.2, -0.15) is 0 Å². The first-order valence-electron chi connectivity index (χ1n) is 4.96. The molecule has 0 unspecified atom stereocenters. The van der Waals surface area contributed by atoms with Crippen LogP contribution in [0.5, 0.6) is 5.75 Å². The van der Waals surface area contributed by atoms with Crippen molar-refractivity contribution in [2.45, 2.75) is 0 Å². The lowest BCUT2D eigenvalue weighted by atomic mass is 10.3. The standard InChI is InChI=1S/C11H18N2O/c1-12-7-8-13-9-10-14-11-5-3-2-4-6-11/h2-6,12-13H,7-10H2,1H3. The van der Waals surface area contributed by atoms with E-state index in [1.54, 1.807) is 0 Å². The van der Waals surface area contributed by atoms with Gasteiger partial charge in [-0.3, -0.25) is 0 Å². The van der Waals surface area contributed by atoms with Crippen LogP contribution >= 0.6 is 0 Å². The second-order valence-corrected chi connectivity index (χ2v) is 3.02. The number of ether oxygens (including phenoxy) is 1. The molecule has 0 saturated carbocycles. The molecule has 0 atom stereocenters. The second kappa shape index (κ2) is 7.35. The van der Waals surface area contributed by atoms with Crippen LogP contribution < -0.4 is 15.4 Å². The van der Waals surface area contributed by atoms with Crippen LogP contribution in [0.15, 0.2) is 30.3 Å². The van der Waals surface area contributed by atoms with Crippen LogP contribution in [0.2, 0.25) is 0 Å². The van der Waals surface area contributed by atoms with Gasteiger partial charge in [-0.15, -0.1) is 0 Å². The van der Waals surface area contributed by atoms with Gasteiger partial charge in [0.2, 0.25) is 0 Å². The third kappa shape index (κ3) is 4.84. The first-order valence-corrected chi connectivity index (χ1v) is 4.96. The second-order valence-electron chi connectivity index (χ2n) is 3.02. The number of nitrogens with one attached hydrogen (secondary N) is 2. The lowest BCUT2D eigenvalue weighted by Crippen LogP contribution is -2.28. The summed E-state index contributed by atoms with van der Waals surface area (Å²) in [5.41, 5.74) is 0. The summed E-state index contributed by atoms with van der Waals surface area (Å²) in [6, 6.07) is 9.87. The van der Waals surface area contributed by atoms with E-state index in [9.17, 15) is 0 Å². The summed E-state index contributed by atoms with van der Waals surface area (Å²) in [6.07, 6.45) is 0. The molecule has 0 bridgehead atoms. The Morgan fingerprint density at radius 2 is 1.86 bits per heavy atom. The van der Waals surface area contributed by atoms with E-state index < -0.39 is 0 Å². The molecule has 0 radical (unpaired) electrons. The van der Waals surface area contributed by atoms with Crippen molar-refractivity contribution in [1.82, 2.24) is 10.6 Å². The maximum atomic E-state index is 5.50. The minimum atomic E-state index is 0.716. The van der Waals surface area contributed by atoms with Crippen LogP contribution in [-0.4, -0.2) is 33.3 Å². The molecule has 0 amide bonds. The molecule has 1 rings (SSSR count). The molecule has 0 aromatic heterocycles. The normalized spacial score (nSPS) is 10.1. The molecule has 0 fully saturated rings. The van der Waals surface area contributed by atoms with Gasteiger partial charge in [-0.05, 0) is 19.2 Å². The zero-order chi connectivity index (χ0) is 10.1. The van der Waals surface area contributed by atoms with E-state index in [0.29, 0.717) is 6.61 Å². The van der Waals surface area contributed by atoms with Gasteiger partial charge in [0.05, 0.1) is 0 Å². The first-order chi connectivity index (χ1) is 6.93. The molecule has 0 spiro atoms. The maximum absolute atomic E-state index is 5.50. The molecule has 0 saturated heterocycles. The topological polar surface area (TPSA) is 33.3 Å². The fourth-order valence-corrected chi connectivity index (χ4v) is 1.10. The Morgan fingerprint density at radius 3 is 2.57 bits per heavy atom. The van der Waals surface area contributed by atoms with Crippen molar-refractivity contribution >= 4 is 0 Å². The summed E-state index contributed by atoms with van der Waals surface area (Å²) in [5.74, 6) is 0.933. The summed E-state index contributed by atoms with van der Waals surface area (Å²) in [4.78, 5) is 0. The maximum Gasteiger partial charge on any atom is 0.119 e. The van der Waals surface area contributed by atoms with Crippen LogP contribution in [0.1, 0.15) is 0 Å². The minimum absolute atomic E-state index is 0.716. The molecule has 3 heteroatoms.